The van der Waals surface area contributed by atoms with Crippen LogP contribution in [0.2, 0.25) is 0 Å². The van der Waals surface area contributed by atoms with Crippen LogP contribution in [0.3, 0.4) is 0 Å². The first kappa shape index (κ1) is 18.0. The van der Waals surface area contributed by atoms with E-state index in [2.05, 4.69) is 16.9 Å². The number of hydrogen-bond acceptors (Lipinski definition) is 3. The van der Waals surface area contributed by atoms with Crippen molar-refractivity contribution in [3.63, 3.8) is 0 Å². The Morgan fingerprint density at radius 3 is 2.77 bits per heavy atom. The van der Waals surface area contributed by atoms with Gasteiger partial charge < -0.3 is 4.90 Å². The summed E-state index contributed by atoms with van der Waals surface area (Å²) in [6, 6.07) is 11.8. The van der Waals surface area contributed by atoms with Crippen molar-refractivity contribution < 1.29 is 9.18 Å². The number of rotatable bonds is 6. The molecule has 1 amide bonds. The zero-order chi connectivity index (χ0) is 18.5. The van der Waals surface area contributed by atoms with Crippen molar-refractivity contribution in [2.75, 3.05) is 6.54 Å². The standard InChI is InChI=1S/C21H22FN3O/c1-3-4-11-25(14-17-7-5-6-10-23-17)21(26)19-12-15(2)24-20-13-16(22)8-9-18(19)20/h5-10,12-13H,3-4,11,14H2,1-2H3. The van der Waals surface area contributed by atoms with E-state index >= 15 is 0 Å². The third-order valence-electron chi connectivity index (χ3n) is 4.28. The molecular formula is C21H22FN3O. The number of aryl methyl sites for hydroxylation is 1. The van der Waals surface area contributed by atoms with E-state index in [0.717, 1.165) is 18.5 Å². The van der Waals surface area contributed by atoms with Gasteiger partial charge in [-0.15, -0.1) is 0 Å². The smallest absolute Gasteiger partial charge is 0.254 e. The van der Waals surface area contributed by atoms with Gasteiger partial charge in [0.25, 0.3) is 5.91 Å². The third-order valence-corrected chi connectivity index (χ3v) is 4.28. The molecule has 0 aliphatic carbocycles. The molecule has 0 fully saturated rings. The largest absolute Gasteiger partial charge is 0.333 e. The number of halogens is 1. The second-order valence-electron chi connectivity index (χ2n) is 6.37. The highest BCUT2D eigenvalue weighted by atomic mass is 19.1. The molecule has 0 atom stereocenters. The van der Waals surface area contributed by atoms with E-state index in [-0.39, 0.29) is 11.7 Å². The van der Waals surface area contributed by atoms with Gasteiger partial charge in [0.05, 0.1) is 23.3 Å². The van der Waals surface area contributed by atoms with Crippen LogP contribution >= 0.6 is 0 Å². The zero-order valence-corrected chi connectivity index (χ0v) is 15.1. The molecule has 5 heteroatoms. The number of aromatic nitrogens is 2. The molecule has 0 spiro atoms. The zero-order valence-electron chi connectivity index (χ0n) is 15.1. The predicted molar refractivity (Wildman–Crippen MR) is 100 cm³/mol. The lowest BCUT2D eigenvalue weighted by Gasteiger charge is -2.23. The highest BCUT2D eigenvalue weighted by Gasteiger charge is 2.20. The average molecular weight is 351 g/mol. The fraction of sp³-hybridized carbons (Fsp3) is 0.286. The Bertz CT molecular complexity index is 907. The van der Waals surface area contributed by atoms with Crippen LogP contribution < -0.4 is 0 Å². The summed E-state index contributed by atoms with van der Waals surface area (Å²) in [7, 11) is 0. The van der Waals surface area contributed by atoms with E-state index in [4.69, 9.17) is 0 Å². The van der Waals surface area contributed by atoms with Crippen molar-refractivity contribution in [3.8, 4) is 0 Å². The van der Waals surface area contributed by atoms with Crippen LogP contribution in [-0.2, 0) is 6.54 Å². The van der Waals surface area contributed by atoms with Gasteiger partial charge in [0.15, 0.2) is 0 Å². The molecule has 2 heterocycles. The summed E-state index contributed by atoms with van der Waals surface area (Å²) >= 11 is 0. The van der Waals surface area contributed by atoms with Crippen molar-refractivity contribution >= 4 is 16.8 Å². The second kappa shape index (κ2) is 8.04. The topological polar surface area (TPSA) is 46.1 Å². The minimum atomic E-state index is -0.356. The fourth-order valence-electron chi connectivity index (χ4n) is 2.97. The molecular weight excluding hydrogens is 329 g/mol. The lowest BCUT2D eigenvalue weighted by atomic mass is 10.1. The SMILES string of the molecule is CCCCN(Cc1ccccn1)C(=O)c1cc(C)nc2cc(F)ccc12. The maximum atomic E-state index is 13.6. The van der Waals surface area contributed by atoms with Gasteiger partial charge >= 0.3 is 0 Å². The van der Waals surface area contributed by atoms with E-state index in [1.165, 1.54) is 12.1 Å². The van der Waals surface area contributed by atoms with Crippen LogP contribution in [0, 0.1) is 12.7 Å². The number of unbranched alkanes of at least 4 members (excludes halogenated alkanes) is 1. The quantitative estimate of drug-likeness (QED) is 0.656. The number of pyridine rings is 2. The van der Waals surface area contributed by atoms with Crippen LogP contribution in [0.4, 0.5) is 4.39 Å². The normalized spacial score (nSPS) is 10.9. The molecule has 0 aliphatic rings. The first-order valence-electron chi connectivity index (χ1n) is 8.84. The number of benzene rings is 1. The summed E-state index contributed by atoms with van der Waals surface area (Å²) in [6.07, 6.45) is 3.63. The summed E-state index contributed by atoms with van der Waals surface area (Å²) < 4.78 is 13.6. The van der Waals surface area contributed by atoms with Gasteiger partial charge in [-0.05, 0) is 43.7 Å². The molecule has 3 rings (SSSR count). The highest BCUT2D eigenvalue weighted by Crippen LogP contribution is 2.22. The summed E-state index contributed by atoms with van der Waals surface area (Å²) in [5.74, 6) is -0.434. The van der Waals surface area contributed by atoms with Gasteiger partial charge in [0.1, 0.15) is 5.82 Å². The van der Waals surface area contributed by atoms with Gasteiger partial charge in [-0.25, -0.2) is 4.39 Å². The maximum absolute atomic E-state index is 13.6. The van der Waals surface area contributed by atoms with E-state index in [0.29, 0.717) is 35.2 Å². The van der Waals surface area contributed by atoms with Crippen molar-refractivity contribution in [1.82, 2.24) is 14.9 Å². The Kier molecular flexibility index (Phi) is 5.56. The van der Waals surface area contributed by atoms with E-state index in [1.54, 1.807) is 18.3 Å². The van der Waals surface area contributed by atoms with Crippen LogP contribution in [0.25, 0.3) is 10.9 Å². The average Bonchev–Trinajstić information content (AvgIpc) is 2.64. The van der Waals surface area contributed by atoms with Crippen molar-refractivity contribution in [2.24, 2.45) is 0 Å². The molecule has 0 bridgehead atoms. The molecule has 0 radical (unpaired) electrons. The Labute approximate surface area is 152 Å². The Balaban J connectivity index is 1.99. The monoisotopic (exact) mass is 351 g/mol. The maximum Gasteiger partial charge on any atom is 0.254 e. The number of hydrogen-bond donors (Lipinski definition) is 0. The number of nitrogens with zero attached hydrogens (tertiary/aromatic N) is 3. The highest BCUT2D eigenvalue weighted by molar-refractivity contribution is 6.06. The van der Waals surface area contributed by atoms with E-state index < -0.39 is 0 Å². The molecule has 0 saturated heterocycles. The summed E-state index contributed by atoms with van der Waals surface area (Å²) in [5, 5.41) is 0.671. The minimum absolute atomic E-state index is 0.0776. The lowest BCUT2D eigenvalue weighted by molar-refractivity contribution is 0.0740. The third kappa shape index (κ3) is 4.04. The summed E-state index contributed by atoms with van der Waals surface area (Å²) in [6.45, 7) is 5.01. The Morgan fingerprint density at radius 1 is 1.19 bits per heavy atom. The number of carbonyl (C=O) groups excluding carboxylic acids is 1. The molecule has 4 nitrogen and oxygen atoms in total. The molecule has 26 heavy (non-hydrogen) atoms. The van der Waals surface area contributed by atoms with Crippen LogP contribution in [0.15, 0.2) is 48.7 Å². The molecule has 0 unspecified atom stereocenters. The van der Waals surface area contributed by atoms with Crippen LogP contribution in [0.5, 0.6) is 0 Å². The first-order chi connectivity index (χ1) is 12.6. The lowest BCUT2D eigenvalue weighted by Crippen LogP contribution is -2.32. The van der Waals surface area contributed by atoms with Crippen LogP contribution in [-0.4, -0.2) is 27.3 Å². The fourth-order valence-corrected chi connectivity index (χ4v) is 2.97. The van der Waals surface area contributed by atoms with Gasteiger partial charge in [-0.3, -0.25) is 14.8 Å². The van der Waals surface area contributed by atoms with Crippen LogP contribution in [0.1, 0.15) is 41.5 Å². The van der Waals surface area contributed by atoms with Crippen molar-refractivity contribution in [3.05, 3.63) is 71.4 Å². The number of amides is 1. The summed E-state index contributed by atoms with van der Waals surface area (Å²) in [4.78, 5) is 23.8. The number of fused-ring (bicyclic) bond motifs is 1. The number of carbonyl (C=O) groups is 1. The molecule has 0 aliphatic heterocycles. The Morgan fingerprint density at radius 2 is 2.04 bits per heavy atom. The minimum Gasteiger partial charge on any atom is -0.333 e. The molecule has 0 saturated carbocycles. The van der Waals surface area contributed by atoms with E-state index in [1.807, 2.05) is 30.0 Å². The van der Waals surface area contributed by atoms with Crippen molar-refractivity contribution in [1.29, 1.82) is 0 Å². The predicted octanol–water partition coefficient (Wildman–Crippen LogP) is 4.52. The Hall–Kier alpha value is -2.82. The van der Waals surface area contributed by atoms with Gasteiger partial charge in [0.2, 0.25) is 0 Å². The van der Waals surface area contributed by atoms with Crippen molar-refractivity contribution in [2.45, 2.75) is 33.2 Å². The van der Waals surface area contributed by atoms with Gasteiger partial charge in [-0.2, -0.15) is 0 Å². The molecule has 1 aromatic carbocycles. The molecule has 0 N–H and O–H groups in total. The molecule has 134 valence electrons. The van der Waals surface area contributed by atoms with Gasteiger partial charge in [-0.1, -0.05) is 19.4 Å². The second-order valence-corrected chi connectivity index (χ2v) is 6.37. The molecule has 2 aromatic heterocycles. The van der Waals surface area contributed by atoms with Gasteiger partial charge in [0, 0.05) is 29.9 Å². The summed E-state index contributed by atoms with van der Waals surface area (Å²) in [5.41, 5.74) is 2.60. The molecule has 3 aromatic rings. The van der Waals surface area contributed by atoms with E-state index in [9.17, 15) is 9.18 Å². The first-order valence-corrected chi connectivity index (χ1v) is 8.84.